The van der Waals surface area contributed by atoms with Crippen LogP contribution in [0.25, 0.3) is 11.3 Å². The van der Waals surface area contributed by atoms with E-state index >= 15 is 0 Å². The first-order valence-corrected chi connectivity index (χ1v) is 13.4. The normalized spacial score (nSPS) is 25.7. The van der Waals surface area contributed by atoms with Crippen LogP contribution in [-0.4, -0.2) is 110 Å². The van der Waals surface area contributed by atoms with Crippen molar-refractivity contribution in [2.24, 2.45) is 16.8 Å². The number of carbonyl (C=O) groups is 4. The van der Waals surface area contributed by atoms with E-state index in [0.717, 1.165) is 29.8 Å². The van der Waals surface area contributed by atoms with E-state index in [1.807, 2.05) is 0 Å². The lowest BCUT2D eigenvalue weighted by Crippen LogP contribution is -2.66. The van der Waals surface area contributed by atoms with E-state index in [9.17, 15) is 19.2 Å². The lowest BCUT2D eigenvalue weighted by atomic mass is 10.1. The summed E-state index contributed by atoms with van der Waals surface area (Å²) in [7, 11) is 1.52. The molecule has 0 radical (unpaired) electrons. The third kappa shape index (κ3) is 4.52. The monoisotopic (exact) mass is 546 g/mol. The largest absolute Gasteiger partial charge is 0.340 e. The molecule has 1 aliphatic carbocycles. The predicted octanol–water partition coefficient (Wildman–Crippen LogP) is 0.628. The van der Waals surface area contributed by atoms with Crippen LogP contribution in [0.2, 0.25) is 0 Å². The van der Waals surface area contributed by atoms with E-state index in [0.29, 0.717) is 17.2 Å². The Morgan fingerprint density at radius 2 is 1.82 bits per heavy atom. The Hall–Kier alpha value is -4.49. The van der Waals surface area contributed by atoms with E-state index in [4.69, 9.17) is 0 Å². The fraction of sp³-hybridized carbons (Fsp3) is 0.500. The summed E-state index contributed by atoms with van der Waals surface area (Å²) in [4.78, 5) is 79.2. The zero-order valence-electron chi connectivity index (χ0n) is 22.5. The molecule has 0 aromatic carbocycles. The van der Waals surface area contributed by atoms with Crippen LogP contribution in [0.3, 0.4) is 0 Å². The number of ketones is 1. The number of hydrogen-bond acceptors (Lipinski definition) is 11. The summed E-state index contributed by atoms with van der Waals surface area (Å²) < 4.78 is 0. The van der Waals surface area contributed by atoms with Crippen LogP contribution >= 0.6 is 0 Å². The van der Waals surface area contributed by atoms with Crippen LogP contribution in [0.5, 0.6) is 0 Å². The van der Waals surface area contributed by atoms with Crippen molar-refractivity contribution in [2.45, 2.75) is 44.9 Å². The number of likely N-dealkylation sites (N-methyl/N-ethyl adjacent to an activating group) is 1. The molecule has 5 heterocycles. The molecule has 14 nitrogen and oxygen atoms in total. The van der Waals surface area contributed by atoms with E-state index in [-0.39, 0.29) is 24.6 Å². The maximum Gasteiger partial charge on any atom is 0.328 e. The average Bonchev–Trinajstić information content (AvgIpc) is 3.35. The fourth-order valence-corrected chi connectivity index (χ4v) is 5.46. The first-order chi connectivity index (χ1) is 19.2. The summed E-state index contributed by atoms with van der Waals surface area (Å²) in [6.07, 6.45) is 8.51. The van der Waals surface area contributed by atoms with Crippen LogP contribution in [0.4, 0.5) is 16.6 Å². The molecular weight excluding hydrogens is 516 g/mol. The summed E-state index contributed by atoms with van der Waals surface area (Å²) in [6, 6.07) is -2.36. The van der Waals surface area contributed by atoms with Gasteiger partial charge in [0.2, 0.25) is 11.9 Å². The van der Waals surface area contributed by atoms with Gasteiger partial charge in [0, 0.05) is 44.5 Å². The van der Waals surface area contributed by atoms with Gasteiger partial charge < -0.3 is 20.0 Å². The third-order valence-electron chi connectivity index (χ3n) is 8.04. The highest BCUT2D eigenvalue weighted by molar-refractivity contribution is 6.05. The number of amides is 4. The van der Waals surface area contributed by atoms with Crippen molar-refractivity contribution in [3.63, 3.8) is 0 Å². The smallest absolute Gasteiger partial charge is 0.328 e. The molecule has 14 heteroatoms. The Balaban J connectivity index is 1.13. The summed E-state index contributed by atoms with van der Waals surface area (Å²) in [5.41, 5.74) is 1.17. The Morgan fingerprint density at radius 1 is 1.10 bits per heavy atom. The highest BCUT2D eigenvalue weighted by Gasteiger charge is 2.51. The quantitative estimate of drug-likeness (QED) is 0.498. The molecule has 3 aliphatic heterocycles. The molecule has 0 bridgehead atoms. The summed E-state index contributed by atoms with van der Waals surface area (Å²) in [6.45, 7) is 4.98. The number of urea groups is 1. The zero-order valence-corrected chi connectivity index (χ0v) is 22.5. The fourth-order valence-electron chi connectivity index (χ4n) is 5.46. The van der Waals surface area contributed by atoms with Gasteiger partial charge in [-0.25, -0.2) is 24.7 Å². The zero-order chi connectivity index (χ0) is 28.1. The minimum absolute atomic E-state index is 0.198. The number of aliphatic imine (C=N–C) groups is 1. The van der Waals surface area contributed by atoms with Gasteiger partial charge in [-0.2, -0.15) is 0 Å². The predicted molar refractivity (Wildman–Crippen MR) is 143 cm³/mol. The molecule has 4 aliphatic rings. The number of nitrogens with zero attached hydrogens (tertiary/aromatic N) is 9. The molecule has 0 spiro atoms. The molecule has 40 heavy (non-hydrogen) atoms. The van der Waals surface area contributed by atoms with Crippen molar-refractivity contribution in [1.82, 2.24) is 34.6 Å². The van der Waals surface area contributed by atoms with Gasteiger partial charge in [-0.05, 0) is 25.2 Å². The number of imide groups is 1. The number of fused-ring (bicyclic) bond motifs is 2. The lowest BCUT2D eigenvalue weighted by molar-refractivity contribution is -0.141. The first-order valence-electron chi connectivity index (χ1n) is 13.4. The lowest BCUT2D eigenvalue weighted by Gasteiger charge is -2.42. The van der Waals surface area contributed by atoms with Gasteiger partial charge >= 0.3 is 6.03 Å². The number of hydrogen-bond donors (Lipinski definition) is 1. The molecule has 3 fully saturated rings. The van der Waals surface area contributed by atoms with Crippen LogP contribution in [0.1, 0.15) is 26.7 Å². The molecule has 2 saturated heterocycles. The molecule has 1 saturated carbocycles. The second-order valence-electron chi connectivity index (χ2n) is 10.7. The average molecular weight is 547 g/mol. The summed E-state index contributed by atoms with van der Waals surface area (Å²) in [5, 5.41) is 2.75. The van der Waals surface area contributed by atoms with Gasteiger partial charge in [0.15, 0.2) is 23.8 Å². The molecule has 4 amide bonds. The van der Waals surface area contributed by atoms with E-state index < -0.39 is 36.1 Å². The standard InChI is InChI=1S/C26H30N10O4/c1-4-18(37)12-35-24(39)21-22(33(3)26(35)40)30-13-36(21)14(2)23(38)32-20-9-27-8-19(31-20)17-6-28-25(29-7-17)34-10-15-5-16(15)11-34/h6-9,13-16,21-22H,4-5,10-12H2,1-3H3,(H,31,32,38)/t14-,15?,16?,21?,22?/m0/s1. The minimum Gasteiger partial charge on any atom is -0.340 e. The van der Waals surface area contributed by atoms with Crippen molar-refractivity contribution in [3.05, 3.63) is 24.8 Å². The number of nitrogens with one attached hydrogen (secondary N) is 1. The van der Waals surface area contributed by atoms with Gasteiger partial charge in [0.1, 0.15) is 6.04 Å². The highest BCUT2D eigenvalue weighted by atomic mass is 16.2. The molecular formula is C26H30N10O4. The van der Waals surface area contributed by atoms with Gasteiger partial charge in [-0.1, -0.05) is 6.92 Å². The number of piperidine rings is 1. The third-order valence-corrected chi connectivity index (χ3v) is 8.04. The van der Waals surface area contributed by atoms with Crippen LogP contribution in [-0.2, 0) is 14.4 Å². The van der Waals surface area contributed by atoms with Crippen LogP contribution < -0.4 is 10.2 Å². The number of rotatable bonds is 8. The maximum absolute atomic E-state index is 13.3. The summed E-state index contributed by atoms with van der Waals surface area (Å²) >= 11 is 0. The van der Waals surface area contributed by atoms with Crippen LogP contribution in [0, 0.1) is 11.8 Å². The Bertz CT molecular complexity index is 1390. The molecule has 4 unspecified atom stereocenters. The van der Waals surface area contributed by atoms with Crippen molar-refractivity contribution < 1.29 is 19.2 Å². The topological polar surface area (TPSA) is 157 Å². The van der Waals surface area contributed by atoms with Gasteiger partial charge in [-0.15, -0.1) is 0 Å². The van der Waals surface area contributed by atoms with Crippen molar-refractivity contribution in [3.8, 4) is 11.3 Å². The van der Waals surface area contributed by atoms with Crippen molar-refractivity contribution >= 4 is 41.7 Å². The van der Waals surface area contributed by atoms with Gasteiger partial charge in [-0.3, -0.25) is 24.3 Å². The van der Waals surface area contributed by atoms with Gasteiger partial charge in [0.25, 0.3) is 5.91 Å². The minimum atomic E-state index is -0.928. The van der Waals surface area contributed by atoms with E-state index in [1.54, 1.807) is 32.4 Å². The SMILES string of the molecule is CCC(=O)CN1C(=O)C2C(N=CN2[C@@H](C)C(=O)Nc2cncc(-c3cnc(N4CC5CC5C4)nc3)n2)N(C)C1=O. The summed E-state index contributed by atoms with van der Waals surface area (Å²) in [5.74, 6) is 1.23. The van der Waals surface area contributed by atoms with Crippen LogP contribution in [0.15, 0.2) is 29.8 Å². The Labute approximate surface area is 230 Å². The number of aromatic nitrogens is 4. The van der Waals surface area contributed by atoms with E-state index in [1.165, 1.54) is 35.8 Å². The molecule has 6 rings (SSSR count). The number of carbonyl (C=O) groups excluding carboxylic acids is 4. The highest BCUT2D eigenvalue weighted by Crippen LogP contribution is 2.45. The second-order valence-corrected chi connectivity index (χ2v) is 10.7. The van der Waals surface area contributed by atoms with E-state index in [2.05, 4.69) is 35.1 Å². The maximum atomic E-state index is 13.3. The molecule has 208 valence electrons. The molecule has 1 N–H and O–H groups in total. The number of Topliss-reactive ketones (excluding diaryl/α,β-unsaturated/α-hetero) is 1. The van der Waals surface area contributed by atoms with Crippen molar-refractivity contribution in [2.75, 3.05) is 36.9 Å². The van der Waals surface area contributed by atoms with Gasteiger partial charge in [0.05, 0.1) is 31.0 Å². The van der Waals surface area contributed by atoms with Crippen molar-refractivity contribution in [1.29, 1.82) is 0 Å². The number of anilines is 2. The molecule has 2 aromatic heterocycles. The second kappa shape index (κ2) is 9.92. The Morgan fingerprint density at radius 3 is 2.52 bits per heavy atom. The molecule has 5 atom stereocenters. The Kier molecular flexibility index (Phi) is 6.39. The first kappa shape index (κ1) is 25.8. The molecule has 2 aromatic rings.